The van der Waals surface area contributed by atoms with Crippen molar-refractivity contribution in [1.82, 2.24) is 9.13 Å². The molecule has 7 nitrogen and oxygen atoms in total. The van der Waals surface area contributed by atoms with E-state index < -0.39 is 23.1 Å². The van der Waals surface area contributed by atoms with Gasteiger partial charge >= 0.3 is 11.7 Å². The number of esters is 1. The van der Waals surface area contributed by atoms with Gasteiger partial charge in [0, 0.05) is 14.1 Å². The molecule has 0 unspecified atom stereocenters. The van der Waals surface area contributed by atoms with Crippen LogP contribution in [-0.4, -0.2) is 21.7 Å². The largest absolute Gasteiger partial charge is 0.456 e. The molecule has 0 saturated carbocycles. The molecule has 26 heavy (non-hydrogen) atoms. The lowest BCUT2D eigenvalue weighted by Crippen LogP contribution is -2.43. The summed E-state index contributed by atoms with van der Waals surface area (Å²) in [6.45, 7) is 2.18. The van der Waals surface area contributed by atoms with Gasteiger partial charge in [-0.05, 0) is 17.5 Å². The second-order valence-corrected chi connectivity index (χ2v) is 6.59. The molecule has 0 aliphatic carbocycles. The first-order chi connectivity index (χ1) is 12.4. The van der Waals surface area contributed by atoms with Crippen LogP contribution in [0.25, 0.3) is 0 Å². The predicted octanol–water partition coefficient (Wildman–Crippen LogP) is 1.01. The van der Waals surface area contributed by atoms with Gasteiger partial charge in [0.1, 0.15) is 12.4 Å². The number of aryl methyl sites for hydroxylation is 1. The van der Waals surface area contributed by atoms with E-state index in [2.05, 4.69) is 12.2 Å². The summed E-state index contributed by atoms with van der Waals surface area (Å²) in [6, 6.07) is 7.84. The van der Waals surface area contributed by atoms with Crippen molar-refractivity contribution >= 4 is 11.8 Å². The Bertz CT molecular complexity index is 1070. The Balaban J connectivity index is 2.03. The van der Waals surface area contributed by atoms with Gasteiger partial charge in [-0.25, -0.2) is 9.59 Å². The lowest BCUT2D eigenvalue weighted by Gasteiger charge is -2.28. The van der Waals surface area contributed by atoms with E-state index >= 15 is 0 Å². The minimum atomic E-state index is -0.562. The maximum atomic E-state index is 12.9. The fraction of sp³-hybridized carbons (Fsp3) is 0.316. The Morgan fingerprint density at radius 1 is 1.12 bits per heavy atom. The van der Waals surface area contributed by atoms with Crippen molar-refractivity contribution in [2.75, 3.05) is 11.9 Å². The third kappa shape index (κ3) is 2.16. The zero-order chi connectivity index (χ0) is 18.6. The number of carbonyl (C=O) groups excluding carboxylic acids is 1. The average molecular weight is 353 g/mol. The third-order valence-electron chi connectivity index (χ3n) is 5.16. The van der Waals surface area contributed by atoms with Crippen LogP contribution in [0.5, 0.6) is 0 Å². The SMILES string of the molecule is CCc1ccc([C@@H]2C3=C(COC3=O)Nc3c2c(=O)n(C)c(=O)n3C)cc1. The van der Waals surface area contributed by atoms with Gasteiger partial charge in [-0.1, -0.05) is 31.2 Å². The van der Waals surface area contributed by atoms with Crippen molar-refractivity contribution in [3.8, 4) is 0 Å². The maximum absolute atomic E-state index is 12.9. The molecule has 0 bridgehead atoms. The molecule has 0 saturated heterocycles. The lowest BCUT2D eigenvalue weighted by atomic mass is 9.82. The number of ether oxygens (including phenoxy) is 1. The molecule has 0 amide bonds. The molecule has 2 aliphatic rings. The summed E-state index contributed by atoms with van der Waals surface area (Å²) in [4.78, 5) is 37.6. The van der Waals surface area contributed by atoms with E-state index in [-0.39, 0.29) is 6.61 Å². The van der Waals surface area contributed by atoms with Crippen LogP contribution in [0, 0.1) is 0 Å². The van der Waals surface area contributed by atoms with Crippen LogP contribution in [0.4, 0.5) is 5.82 Å². The number of hydrogen-bond donors (Lipinski definition) is 1. The van der Waals surface area contributed by atoms with Crippen LogP contribution in [0.1, 0.15) is 29.5 Å². The molecule has 3 heterocycles. The van der Waals surface area contributed by atoms with E-state index in [1.807, 2.05) is 24.3 Å². The summed E-state index contributed by atoms with van der Waals surface area (Å²) in [5.74, 6) is -0.578. The number of aromatic nitrogens is 2. The van der Waals surface area contributed by atoms with Gasteiger partial charge in [-0.15, -0.1) is 0 Å². The van der Waals surface area contributed by atoms with Gasteiger partial charge in [0.25, 0.3) is 5.56 Å². The number of nitrogens with one attached hydrogen (secondary N) is 1. The summed E-state index contributed by atoms with van der Waals surface area (Å²) in [6.07, 6.45) is 0.898. The van der Waals surface area contributed by atoms with Gasteiger partial charge in [-0.2, -0.15) is 0 Å². The number of nitrogens with zero attached hydrogens (tertiary/aromatic N) is 2. The fourth-order valence-electron chi connectivity index (χ4n) is 3.66. The standard InChI is InChI=1S/C19H19N3O4/c1-4-10-5-7-11(8-6-10)13-14-12(9-26-18(14)24)20-16-15(13)17(23)22(3)19(25)21(16)2/h5-8,13,20H,4,9H2,1-3H3/t13-/m1/s1. The normalized spacial score (nSPS) is 18.3. The van der Waals surface area contributed by atoms with Crippen LogP contribution in [0.15, 0.2) is 45.1 Å². The van der Waals surface area contributed by atoms with Crippen molar-refractivity contribution < 1.29 is 9.53 Å². The topological polar surface area (TPSA) is 82.3 Å². The first-order valence-electron chi connectivity index (χ1n) is 8.50. The summed E-state index contributed by atoms with van der Waals surface area (Å²) in [5, 5.41) is 3.07. The van der Waals surface area contributed by atoms with E-state index in [4.69, 9.17) is 4.74 Å². The van der Waals surface area contributed by atoms with E-state index in [0.29, 0.717) is 22.7 Å². The summed E-state index contributed by atoms with van der Waals surface area (Å²) >= 11 is 0. The molecule has 134 valence electrons. The first-order valence-corrected chi connectivity index (χ1v) is 8.50. The molecule has 7 heteroatoms. The first kappa shape index (κ1) is 16.4. The molecule has 1 aromatic heterocycles. The number of hydrogen-bond acceptors (Lipinski definition) is 5. The molecule has 0 fully saturated rings. The highest BCUT2D eigenvalue weighted by atomic mass is 16.5. The number of carbonyl (C=O) groups is 1. The highest BCUT2D eigenvalue weighted by Gasteiger charge is 2.41. The van der Waals surface area contributed by atoms with Gasteiger partial charge in [0.2, 0.25) is 0 Å². The van der Waals surface area contributed by atoms with E-state index in [0.717, 1.165) is 16.6 Å². The van der Waals surface area contributed by atoms with E-state index in [9.17, 15) is 14.4 Å². The van der Waals surface area contributed by atoms with E-state index in [1.165, 1.54) is 17.2 Å². The van der Waals surface area contributed by atoms with Crippen molar-refractivity contribution in [2.24, 2.45) is 14.1 Å². The van der Waals surface area contributed by atoms with Crippen LogP contribution in [0.2, 0.25) is 0 Å². The number of anilines is 1. The predicted molar refractivity (Wildman–Crippen MR) is 96.2 cm³/mol. The van der Waals surface area contributed by atoms with Gasteiger partial charge in [0.15, 0.2) is 0 Å². The quantitative estimate of drug-likeness (QED) is 0.815. The Morgan fingerprint density at radius 2 is 1.81 bits per heavy atom. The lowest BCUT2D eigenvalue weighted by molar-refractivity contribution is -0.136. The maximum Gasteiger partial charge on any atom is 0.337 e. The number of fused-ring (bicyclic) bond motifs is 1. The molecule has 1 atom stereocenters. The fourth-order valence-corrected chi connectivity index (χ4v) is 3.66. The second-order valence-electron chi connectivity index (χ2n) is 6.59. The molecule has 1 N–H and O–H groups in total. The summed E-state index contributed by atoms with van der Waals surface area (Å²) < 4.78 is 7.66. The second kappa shape index (κ2) is 5.72. The third-order valence-corrected chi connectivity index (χ3v) is 5.16. The molecule has 2 aromatic rings. The smallest absolute Gasteiger partial charge is 0.337 e. The average Bonchev–Trinajstić information content (AvgIpc) is 3.04. The minimum Gasteiger partial charge on any atom is -0.456 e. The van der Waals surface area contributed by atoms with Gasteiger partial charge in [-0.3, -0.25) is 13.9 Å². The summed E-state index contributed by atoms with van der Waals surface area (Å²) in [5.41, 5.74) is 2.60. The minimum absolute atomic E-state index is 0.112. The van der Waals surface area contributed by atoms with Crippen LogP contribution in [-0.2, 0) is 30.0 Å². The Labute approximate surface area is 149 Å². The zero-order valence-corrected chi connectivity index (χ0v) is 14.8. The van der Waals surface area contributed by atoms with Gasteiger partial charge < -0.3 is 10.1 Å². The molecule has 4 rings (SSSR count). The van der Waals surface area contributed by atoms with Crippen LogP contribution < -0.4 is 16.6 Å². The number of benzene rings is 1. The number of rotatable bonds is 2. The van der Waals surface area contributed by atoms with Crippen molar-refractivity contribution in [2.45, 2.75) is 19.3 Å². The molecule has 0 radical (unpaired) electrons. The summed E-state index contributed by atoms with van der Waals surface area (Å²) in [7, 11) is 3.05. The molecule has 0 spiro atoms. The van der Waals surface area contributed by atoms with Crippen molar-refractivity contribution in [1.29, 1.82) is 0 Å². The van der Waals surface area contributed by atoms with E-state index in [1.54, 1.807) is 7.05 Å². The van der Waals surface area contributed by atoms with Gasteiger partial charge in [0.05, 0.1) is 22.8 Å². The molecule has 1 aromatic carbocycles. The van der Waals surface area contributed by atoms with Crippen LogP contribution >= 0.6 is 0 Å². The molecule has 2 aliphatic heterocycles. The van der Waals surface area contributed by atoms with Crippen molar-refractivity contribution in [3.05, 3.63) is 73.1 Å². The zero-order valence-electron chi connectivity index (χ0n) is 14.8. The molecular formula is C19H19N3O4. The molecular weight excluding hydrogens is 334 g/mol. The number of cyclic esters (lactones) is 1. The highest BCUT2D eigenvalue weighted by molar-refractivity contribution is 5.96. The Morgan fingerprint density at radius 3 is 2.46 bits per heavy atom. The van der Waals surface area contributed by atoms with Crippen molar-refractivity contribution in [3.63, 3.8) is 0 Å². The monoisotopic (exact) mass is 353 g/mol. The Kier molecular flexibility index (Phi) is 3.61. The van der Waals surface area contributed by atoms with Crippen LogP contribution in [0.3, 0.4) is 0 Å². The highest BCUT2D eigenvalue weighted by Crippen LogP contribution is 2.42. The Hall–Kier alpha value is -3.09.